The van der Waals surface area contributed by atoms with Crippen molar-refractivity contribution in [2.24, 2.45) is 7.05 Å². The summed E-state index contributed by atoms with van der Waals surface area (Å²) < 4.78 is 8.17. The molecule has 0 saturated carbocycles. The Kier molecular flexibility index (Phi) is 5.15. The zero-order valence-electron chi connectivity index (χ0n) is 14.2. The van der Waals surface area contributed by atoms with Gasteiger partial charge in [-0.2, -0.15) is 0 Å². The van der Waals surface area contributed by atoms with E-state index in [-0.39, 0.29) is 12.0 Å². The van der Waals surface area contributed by atoms with Crippen LogP contribution in [-0.4, -0.2) is 39.6 Å². The number of carbonyl (C=O) groups is 1. The van der Waals surface area contributed by atoms with Crippen LogP contribution in [0.4, 0.5) is 0 Å². The smallest absolute Gasteiger partial charge is 0.217 e. The van der Waals surface area contributed by atoms with Crippen LogP contribution in [0.3, 0.4) is 0 Å². The molecule has 1 aliphatic rings. The summed E-state index contributed by atoms with van der Waals surface area (Å²) in [7, 11) is 2.04. The predicted octanol–water partition coefficient (Wildman–Crippen LogP) is 1.71. The number of rotatable bonds is 6. The lowest BCUT2D eigenvalue weighted by Crippen LogP contribution is -2.24. The molecule has 1 atom stereocenters. The average molecular weight is 328 g/mol. The maximum absolute atomic E-state index is 11.0. The lowest BCUT2D eigenvalue weighted by atomic mass is 10.3. The maximum Gasteiger partial charge on any atom is 0.217 e. The highest BCUT2D eigenvalue weighted by Gasteiger charge is 2.24. The number of pyridine rings is 1. The van der Waals surface area contributed by atoms with Crippen molar-refractivity contribution >= 4 is 5.91 Å². The Labute approximate surface area is 142 Å². The van der Waals surface area contributed by atoms with Gasteiger partial charge in [0, 0.05) is 58.3 Å². The van der Waals surface area contributed by atoms with Crippen LogP contribution in [0.15, 0.2) is 36.8 Å². The van der Waals surface area contributed by atoms with E-state index in [1.165, 1.54) is 12.5 Å². The lowest BCUT2D eigenvalue weighted by molar-refractivity contribution is -0.119. The van der Waals surface area contributed by atoms with E-state index in [2.05, 4.69) is 38.2 Å². The molecule has 1 fully saturated rings. The molecule has 0 aromatic carbocycles. The lowest BCUT2D eigenvalue weighted by Gasteiger charge is -2.16. The summed E-state index contributed by atoms with van der Waals surface area (Å²) in [5, 5.41) is 2.75. The second-order valence-corrected chi connectivity index (χ2v) is 6.34. The number of amides is 1. The fraction of sp³-hybridized carbons (Fsp3) is 0.444. The number of nitrogens with zero attached hydrogens (tertiary/aromatic N) is 3. The van der Waals surface area contributed by atoms with Crippen LogP contribution in [0.5, 0.6) is 5.75 Å². The first-order valence-corrected chi connectivity index (χ1v) is 8.28. The third-order valence-corrected chi connectivity index (χ3v) is 4.14. The van der Waals surface area contributed by atoms with Gasteiger partial charge in [-0.3, -0.25) is 14.7 Å². The van der Waals surface area contributed by atoms with Crippen molar-refractivity contribution in [2.75, 3.05) is 13.1 Å². The Morgan fingerprint density at radius 1 is 1.46 bits per heavy atom. The van der Waals surface area contributed by atoms with Gasteiger partial charge in [-0.1, -0.05) is 0 Å². The quantitative estimate of drug-likeness (QED) is 0.877. The van der Waals surface area contributed by atoms with Gasteiger partial charge in [-0.25, -0.2) is 0 Å². The van der Waals surface area contributed by atoms with Crippen molar-refractivity contribution in [3.63, 3.8) is 0 Å². The van der Waals surface area contributed by atoms with E-state index in [0.717, 1.165) is 37.5 Å². The summed E-state index contributed by atoms with van der Waals surface area (Å²) in [6.45, 7) is 4.87. The van der Waals surface area contributed by atoms with Gasteiger partial charge < -0.3 is 14.6 Å². The Bertz CT molecular complexity index is 698. The van der Waals surface area contributed by atoms with E-state index in [0.29, 0.717) is 6.54 Å². The molecule has 0 radical (unpaired) electrons. The highest BCUT2D eigenvalue weighted by molar-refractivity contribution is 5.72. The van der Waals surface area contributed by atoms with E-state index in [9.17, 15) is 4.79 Å². The Morgan fingerprint density at radius 2 is 2.33 bits per heavy atom. The van der Waals surface area contributed by atoms with Crippen molar-refractivity contribution in [1.82, 2.24) is 19.8 Å². The van der Waals surface area contributed by atoms with Gasteiger partial charge in [0.15, 0.2) is 0 Å². The summed E-state index contributed by atoms with van der Waals surface area (Å²) in [6, 6.07) is 5.93. The number of carbonyl (C=O) groups excluding carboxylic acids is 1. The molecule has 2 aromatic rings. The van der Waals surface area contributed by atoms with Gasteiger partial charge in [0.2, 0.25) is 5.91 Å². The largest absolute Gasteiger partial charge is 0.489 e. The summed E-state index contributed by atoms with van der Waals surface area (Å²) in [5.74, 6) is 0.757. The summed E-state index contributed by atoms with van der Waals surface area (Å²) >= 11 is 0. The molecule has 128 valence electrons. The normalized spacial score (nSPS) is 17.8. The molecular weight excluding hydrogens is 304 g/mol. The molecule has 0 bridgehead atoms. The van der Waals surface area contributed by atoms with E-state index in [4.69, 9.17) is 4.74 Å². The molecule has 6 heteroatoms. The molecular formula is C18H24N4O2. The van der Waals surface area contributed by atoms with Crippen LogP contribution in [0, 0.1) is 0 Å². The van der Waals surface area contributed by atoms with Crippen LogP contribution >= 0.6 is 0 Å². The number of hydrogen-bond acceptors (Lipinski definition) is 4. The molecule has 1 amide bonds. The second-order valence-electron chi connectivity index (χ2n) is 6.34. The van der Waals surface area contributed by atoms with Crippen LogP contribution in [0.2, 0.25) is 0 Å². The number of aryl methyl sites for hydroxylation is 1. The van der Waals surface area contributed by atoms with Crippen LogP contribution in [0.25, 0.3) is 0 Å². The Balaban J connectivity index is 1.51. The van der Waals surface area contributed by atoms with E-state index >= 15 is 0 Å². The SMILES string of the molecule is CC(=O)NCc1cc(OC2CCN(Cc3ccn(C)c3)C2)ccn1. The monoisotopic (exact) mass is 328 g/mol. The van der Waals surface area contributed by atoms with Gasteiger partial charge in [0.25, 0.3) is 0 Å². The van der Waals surface area contributed by atoms with E-state index < -0.39 is 0 Å². The number of likely N-dealkylation sites (tertiary alicyclic amines) is 1. The minimum atomic E-state index is -0.0598. The average Bonchev–Trinajstić information content (AvgIpc) is 3.15. The minimum absolute atomic E-state index is 0.0598. The number of hydrogen-bond donors (Lipinski definition) is 1. The Hall–Kier alpha value is -2.34. The first-order chi connectivity index (χ1) is 11.6. The van der Waals surface area contributed by atoms with E-state index in [1.54, 1.807) is 6.20 Å². The highest BCUT2D eigenvalue weighted by Crippen LogP contribution is 2.20. The first kappa shape index (κ1) is 16.5. The molecule has 1 unspecified atom stereocenters. The third-order valence-electron chi connectivity index (χ3n) is 4.14. The topological polar surface area (TPSA) is 59.4 Å². The third kappa shape index (κ3) is 4.58. The molecule has 6 nitrogen and oxygen atoms in total. The molecule has 3 heterocycles. The van der Waals surface area contributed by atoms with Gasteiger partial charge in [-0.05, 0) is 24.1 Å². The van der Waals surface area contributed by atoms with Crippen molar-refractivity contribution in [1.29, 1.82) is 0 Å². The van der Waals surface area contributed by atoms with Gasteiger partial charge in [0.05, 0.1) is 12.2 Å². The molecule has 1 saturated heterocycles. The predicted molar refractivity (Wildman–Crippen MR) is 91.5 cm³/mol. The van der Waals surface area contributed by atoms with Crippen molar-refractivity contribution in [2.45, 2.75) is 32.5 Å². The summed E-state index contributed by atoms with van der Waals surface area (Å²) in [6.07, 6.45) is 7.18. The fourth-order valence-corrected chi connectivity index (χ4v) is 2.98. The number of ether oxygens (including phenoxy) is 1. The van der Waals surface area contributed by atoms with E-state index in [1.807, 2.05) is 19.2 Å². The molecule has 1 N–H and O–H groups in total. The zero-order chi connectivity index (χ0) is 16.9. The summed E-state index contributed by atoms with van der Waals surface area (Å²) in [4.78, 5) is 17.7. The maximum atomic E-state index is 11.0. The molecule has 24 heavy (non-hydrogen) atoms. The number of nitrogens with one attached hydrogen (secondary N) is 1. The first-order valence-electron chi connectivity index (χ1n) is 8.28. The van der Waals surface area contributed by atoms with Crippen LogP contribution in [0.1, 0.15) is 24.6 Å². The standard InChI is InChI=1S/C18H24N4O2/c1-14(23)20-10-16-9-17(3-6-19-16)24-18-5-8-22(13-18)12-15-4-7-21(2)11-15/h3-4,6-7,9,11,18H,5,8,10,12-13H2,1-2H3,(H,20,23). The summed E-state index contributed by atoms with van der Waals surface area (Å²) in [5.41, 5.74) is 2.14. The van der Waals surface area contributed by atoms with Crippen LogP contribution in [-0.2, 0) is 24.9 Å². The minimum Gasteiger partial charge on any atom is -0.489 e. The van der Waals surface area contributed by atoms with Gasteiger partial charge in [0.1, 0.15) is 11.9 Å². The van der Waals surface area contributed by atoms with Crippen molar-refractivity contribution in [3.8, 4) is 5.75 Å². The zero-order valence-corrected chi connectivity index (χ0v) is 14.2. The Morgan fingerprint density at radius 3 is 3.08 bits per heavy atom. The second kappa shape index (κ2) is 7.49. The van der Waals surface area contributed by atoms with Crippen molar-refractivity contribution in [3.05, 3.63) is 48.0 Å². The van der Waals surface area contributed by atoms with Crippen molar-refractivity contribution < 1.29 is 9.53 Å². The molecule has 1 aliphatic heterocycles. The molecule has 2 aromatic heterocycles. The molecule has 0 aliphatic carbocycles. The molecule has 0 spiro atoms. The van der Waals surface area contributed by atoms with Gasteiger partial charge >= 0.3 is 0 Å². The van der Waals surface area contributed by atoms with Gasteiger partial charge in [-0.15, -0.1) is 0 Å². The van der Waals surface area contributed by atoms with Crippen LogP contribution < -0.4 is 10.1 Å². The highest BCUT2D eigenvalue weighted by atomic mass is 16.5. The fourth-order valence-electron chi connectivity index (χ4n) is 2.98. The molecule has 3 rings (SSSR count). The number of aromatic nitrogens is 2.